The molecule has 2 rings (SSSR count). The lowest BCUT2D eigenvalue weighted by Gasteiger charge is -2.27. The highest BCUT2D eigenvalue weighted by atomic mass is 79.9. The third-order valence-corrected chi connectivity index (χ3v) is 5.16. The van der Waals surface area contributed by atoms with E-state index in [1.807, 2.05) is 19.1 Å². The van der Waals surface area contributed by atoms with Gasteiger partial charge in [-0.3, -0.25) is 0 Å². The number of unbranched alkanes of at least 4 members (excludes halogenated alkanes) is 1. The number of quaternary nitrogens is 1. The number of rotatable bonds is 6. The molecule has 0 atom stereocenters. The highest BCUT2D eigenvalue weighted by molar-refractivity contribution is 9.10. The molecule has 1 aliphatic heterocycles. The maximum atomic E-state index is 6.22. The molecule has 2 nitrogen and oxygen atoms in total. The van der Waals surface area contributed by atoms with Crippen LogP contribution in [0.15, 0.2) is 16.6 Å². The normalized spacial score (nSPS) is 22.3. The molecule has 1 aliphatic rings. The standard InChI is InChI=1S/C17H25BrClNO/c1-13-5-8-20(9-6-13)7-3-4-10-21-17-15(18)11-14(2)12-16(17)19/h11-13H,3-10H2,1-2H3/p+1. The number of ether oxygens (including phenoxy) is 1. The molecule has 0 radical (unpaired) electrons. The maximum absolute atomic E-state index is 6.22. The van der Waals surface area contributed by atoms with Gasteiger partial charge < -0.3 is 9.64 Å². The Balaban J connectivity index is 1.66. The molecule has 1 N–H and O–H groups in total. The van der Waals surface area contributed by atoms with Crippen molar-refractivity contribution in [3.63, 3.8) is 0 Å². The summed E-state index contributed by atoms with van der Waals surface area (Å²) in [4.78, 5) is 1.77. The number of hydrogen-bond acceptors (Lipinski definition) is 1. The number of hydrogen-bond donors (Lipinski definition) is 1. The van der Waals surface area contributed by atoms with E-state index in [1.165, 1.54) is 38.9 Å². The molecule has 0 bridgehead atoms. The van der Waals surface area contributed by atoms with Crippen molar-refractivity contribution >= 4 is 27.5 Å². The molecule has 0 aliphatic carbocycles. The zero-order valence-corrected chi connectivity index (χ0v) is 15.4. The SMILES string of the molecule is Cc1cc(Cl)c(OCCCC[NH+]2CCC(C)CC2)c(Br)c1. The van der Waals surface area contributed by atoms with Crippen molar-refractivity contribution in [3.8, 4) is 5.75 Å². The van der Waals surface area contributed by atoms with E-state index < -0.39 is 0 Å². The van der Waals surface area contributed by atoms with Crippen LogP contribution >= 0.6 is 27.5 Å². The first-order valence-electron chi connectivity index (χ1n) is 7.98. The Labute approximate surface area is 141 Å². The van der Waals surface area contributed by atoms with Crippen molar-refractivity contribution in [1.29, 1.82) is 0 Å². The van der Waals surface area contributed by atoms with Crippen molar-refractivity contribution < 1.29 is 9.64 Å². The highest BCUT2D eigenvalue weighted by Crippen LogP contribution is 2.34. The number of nitrogens with one attached hydrogen (secondary N) is 1. The number of benzene rings is 1. The second-order valence-electron chi connectivity index (χ2n) is 6.30. The van der Waals surface area contributed by atoms with E-state index in [1.54, 1.807) is 4.90 Å². The van der Waals surface area contributed by atoms with E-state index in [-0.39, 0.29) is 0 Å². The van der Waals surface area contributed by atoms with Gasteiger partial charge in [0.25, 0.3) is 0 Å². The maximum Gasteiger partial charge on any atom is 0.152 e. The molecule has 1 fully saturated rings. The molecular formula is C17H26BrClNO+. The van der Waals surface area contributed by atoms with Gasteiger partial charge in [0.05, 0.1) is 35.7 Å². The van der Waals surface area contributed by atoms with E-state index in [4.69, 9.17) is 16.3 Å². The van der Waals surface area contributed by atoms with Gasteiger partial charge in [0, 0.05) is 0 Å². The lowest BCUT2D eigenvalue weighted by Crippen LogP contribution is -3.13. The lowest BCUT2D eigenvalue weighted by atomic mass is 9.99. The Bertz CT molecular complexity index is 435. The first-order chi connectivity index (χ1) is 10.1. The van der Waals surface area contributed by atoms with Crippen LogP contribution < -0.4 is 9.64 Å². The van der Waals surface area contributed by atoms with Crippen LogP contribution in [0.25, 0.3) is 0 Å². The van der Waals surface area contributed by atoms with Crippen molar-refractivity contribution in [2.24, 2.45) is 5.92 Å². The van der Waals surface area contributed by atoms with Crippen LogP contribution in [0, 0.1) is 12.8 Å². The van der Waals surface area contributed by atoms with E-state index in [2.05, 4.69) is 22.9 Å². The van der Waals surface area contributed by atoms with E-state index in [0.717, 1.165) is 34.7 Å². The van der Waals surface area contributed by atoms with Gasteiger partial charge in [-0.25, -0.2) is 0 Å². The molecule has 1 heterocycles. The molecule has 118 valence electrons. The average Bonchev–Trinajstić information content (AvgIpc) is 2.43. The zero-order valence-electron chi connectivity index (χ0n) is 13.1. The first-order valence-corrected chi connectivity index (χ1v) is 9.15. The fourth-order valence-corrected chi connectivity index (χ4v) is 4.03. The summed E-state index contributed by atoms with van der Waals surface area (Å²) in [5, 5.41) is 0.692. The number of piperidine rings is 1. The molecule has 1 saturated heterocycles. The smallest absolute Gasteiger partial charge is 0.152 e. The van der Waals surface area contributed by atoms with Crippen LogP contribution in [0.2, 0.25) is 5.02 Å². The third kappa shape index (κ3) is 5.46. The van der Waals surface area contributed by atoms with Crippen LogP contribution in [0.5, 0.6) is 5.75 Å². The summed E-state index contributed by atoms with van der Waals surface area (Å²) in [6.45, 7) is 9.11. The molecule has 0 aromatic heterocycles. The zero-order chi connectivity index (χ0) is 15.2. The summed E-state index contributed by atoms with van der Waals surface area (Å²) in [6, 6.07) is 3.99. The van der Waals surface area contributed by atoms with Gasteiger partial charge >= 0.3 is 0 Å². The van der Waals surface area contributed by atoms with Crippen LogP contribution in [-0.2, 0) is 0 Å². The Hall–Kier alpha value is -0.250. The minimum Gasteiger partial charge on any atom is -0.491 e. The average molecular weight is 376 g/mol. The minimum absolute atomic E-state index is 0.692. The van der Waals surface area contributed by atoms with Gasteiger partial charge in [-0.2, -0.15) is 0 Å². The predicted molar refractivity (Wildman–Crippen MR) is 92.6 cm³/mol. The van der Waals surface area contributed by atoms with Gasteiger partial charge in [-0.1, -0.05) is 18.5 Å². The lowest BCUT2D eigenvalue weighted by molar-refractivity contribution is -0.906. The van der Waals surface area contributed by atoms with Crippen LogP contribution in [0.1, 0.15) is 38.2 Å². The van der Waals surface area contributed by atoms with Gasteiger partial charge in [0.15, 0.2) is 5.75 Å². The monoisotopic (exact) mass is 374 g/mol. The van der Waals surface area contributed by atoms with Crippen LogP contribution in [-0.4, -0.2) is 26.2 Å². The van der Waals surface area contributed by atoms with E-state index >= 15 is 0 Å². The second-order valence-corrected chi connectivity index (χ2v) is 7.56. The number of aryl methyl sites for hydroxylation is 1. The van der Waals surface area contributed by atoms with Crippen molar-refractivity contribution in [2.75, 3.05) is 26.2 Å². The summed E-state index contributed by atoms with van der Waals surface area (Å²) in [6.07, 6.45) is 5.09. The van der Waals surface area contributed by atoms with Crippen molar-refractivity contribution in [3.05, 3.63) is 27.2 Å². The molecule has 1 aromatic carbocycles. The first kappa shape index (κ1) is 17.1. The van der Waals surface area contributed by atoms with Gasteiger partial charge in [0.2, 0.25) is 0 Å². The van der Waals surface area contributed by atoms with Gasteiger partial charge in [-0.05, 0) is 72.2 Å². The summed E-state index contributed by atoms with van der Waals surface area (Å²) in [7, 11) is 0. The summed E-state index contributed by atoms with van der Waals surface area (Å²) in [5.74, 6) is 1.71. The third-order valence-electron chi connectivity index (χ3n) is 4.30. The minimum atomic E-state index is 0.692. The topological polar surface area (TPSA) is 13.7 Å². The molecule has 0 amide bonds. The fourth-order valence-electron chi connectivity index (χ4n) is 2.90. The number of likely N-dealkylation sites (tertiary alicyclic amines) is 1. The number of halogens is 2. The van der Waals surface area contributed by atoms with Crippen LogP contribution in [0.3, 0.4) is 0 Å². The summed E-state index contributed by atoms with van der Waals surface area (Å²) in [5.41, 5.74) is 1.14. The van der Waals surface area contributed by atoms with E-state index in [9.17, 15) is 0 Å². The highest BCUT2D eigenvalue weighted by Gasteiger charge is 2.18. The fraction of sp³-hybridized carbons (Fsp3) is 0.647. The second kappa shape index (κ2) is 8.40. The Morgan fingerprint density at radius 3 is 2.67 bits per heavy atom. The quantitative estimate of drug-likeness (QED) is 0.745. The predicted octanol–water partition coefficient (Wildman–Crippen LogP) is 3.88. The van der Waals surface area contributed by atoms with Gasteiger partial charge in [-0.15, -0.1) is 0 Å². The largest absolute Gasteiger partial charge is 0.491 e. The molecule has 4 heteroatoms. The molecule has 0 spiro atoms. The Morgan fingerprint density at radius 2 is 2.00 bits per heavy atom. The molecule has 0 saturated carbocycles. The van der Waals surface area contributed by atoms with Crippen LogP contribution in [0.4, 0.5) is 0 Å². The van der Waals surface area contributed by atoms with Crippen molar-refractivity contribution in [1.82, 2.24) is 0 Å². The van der Waals surface area contributed by atoms with Crippen molar-refractivity contribution in [2.45, 2.75) is 39.5 Å². The summed E-state index contributed by atoms with van der Waals surface area (Å²) >= 11 is 9.75. The Kier molecular flexibility index (Phi) is 6.84. The summed E-state index contributed by atoms with van der Waals surface area (Å²) < 4.78 is 6.79. The molecular weight excluding hydrogens is 350 g/mol. The Morgan fingerprint density at radius 1 is 1.29 bits per heavy atom. The van der Waals surface area contributed by atoms with Gasteiger partial charge in [0.1, 0.15) is 0 Å². The molecule has 21 heavy (non-hydrogen) atoms. The molecule has 1 aromatic rings. The van der Waals surface area contributed by atoms with E-state index in [0.29, 0.717) is 5.02 Å². The molecule has 0 unspecified atom stereocenters.